The highest BCUT2D eigenvalue weighted by molar-refractivity contribution is 6.01. The third kappa shape index (κ3) is 3.57. The minimum Gasteiger partial charge on any atom is -0.361 e. The van der Waals surface area contributed by atoms with Crippen molar-refractivity contribution in [3.8, 4) is 0 Å². The third-order valence-electron chi connectivity index (χ3n) is 6.78. The van der Waals surface area contributed by atoms with Crippen LogP contribution in [0.5, 0.6) is 0 Å². The lowest BCUT2D eigenvalue weighted by Gasteiger charge is -2.27. The molecule has 0 unspecified atom stereocenters. The van der Waals surface area contributed by atoms with Gasteiger partial charge in [-0.1, -0.05) is 23.4 Å². The number of amides is 2. The van der Waals surface area contributed by atoms with Gasteiger partial charge in [0.1, 0.15) is 17.1 Å². The van der Waals surface area contributed by atoms with Crippen LogP contribution in [0.2, 0.25) is 0 Å². The fourth-order valence-corrected chi connectivity index (χ4v) is 4.95. The van der Waals surface area contributed by atoms with E-state index >= 15 is 0 Å². The van der Waals surface area contributed by atoms with Gasteiger partial charge < -0.3 is 19.3 Å². The topological polar surface area (TPSA) is 106 Å². The van der Waals surface area contributed by atoms with Gasteiger partial charge in [0.2, 0.25) is 5.82 Å². The molecule has 0 radical (unpaired) electrons. The quantitative estimate of drug-likeness (QED) is 0.679. The number of nitrogens with zero attached hydrogens (tertiary/aromatic N) is 5. The fourth-order valence-electron chi connectivity index (χ4n) is 4.95. The normalized spacial score (nSPS) is 20.2. The van der Waals surface area contributed by atoms with Gasteiger partial charge >= 0.3 is 0 Å². The predicted molar refractivity (Wildman–Crippen MR) is 116 cm³/mol. The second kappa shape index (κ2) is 7.89. The van der Waals surface area contributed by atoms with E-state index in [0.29, 0.717) is 42.5 Å². The smallest absolute Gasteiger partial charge is 0.293 e. The Morgan fingerprint density at radius 1 is 1.06 bits per heavy atom. The standard InChI is InChI=1S/C23H26N6O3/c1-15-19(16(2)32-27-15)22(31)28-12-10-23(14-28)9-8-18-25-26-20(29(18)13-11-23)21(30)24-17-6-4-3-5-7-17/h3-7H,8-14H2,1-2H3,(H,24,30)/t23-/m1/s1. The lowest BCUT2D eigenvalue weighted by Crippen LogP contribution is -2.33. The van der Waals surface area contributed by atoms with Crippen LogP contribution in [-0.4, -0.2) is 49.7 Å². The first-order valence-corrected chi connectivity index (χ1v) is 11.0. The number of hydrogen-bond acceptors (Lipinski definition) is 6. The number of carbonyl (C=O) groups is 2. The molecule has 166 valence electrons. The molecule has 5 rings (SSSR count). The summed E-state index contributed by atoms with van der Waals surface area (Å²) in [6, 6.07) is 9.34. The molecule has 1 fully saturated rings. The zero-order valence-electron chi connectivity index (χ0n) is 18.3. The molecule has 9 nitrogen and oxygen atoms in total. The molecular formula is C23H26N6O3. The molecule has 3 aromatic rings. The van der Waals surface area contributed by atoms with Crippen LogP contribution in [0.15, 0.2) is 34.9 Å². The number of aryl methyl sites for hydroxylation is 3. The van der Waals surface area contributed by atoms with Gasteiger partial charge in [-0.15, -0.1) is 10.2 Å². The first-order valence-electron chi connectivity index (χ1n) is 11.0. The van der Waals surface area contributed by atoms with Crippen LogP contribution in [0.25, 0.3) is 0 Å². The van der Waals surface area contributed by atoms with Crippen LogP contribution in [-0.2, 0) is 13.0 Å². The predicted octanol–water partition coefficient (Wildman–Crippen LogP) is 3.00. The number of rotatable bonds is 3. The Bertz CT molecular complexity index is 1150. The highest BCUT2D eigenvalue weighted by Gasteiger charge is 2.42. The number of carbonyl (C=O) groups excluding carboxylic acids is 2. The summed E-state index contributed by atoms with van der Waals surface area (Å²) in [6.45, 7) is 5.64. The largest absolute Gasteiger partial charge is 0.361 e. The summed E-state index contributed by atoms with van der Waals surface area (Å²) in [5.41, 5.74) is 1.95. The van der Waals surface area contributed by atoms with E-state index in [0.717, 1.165) is 37.2 Å². The first-order chi connectivity index (χ1) is 15.5. The molecule has 0 aliphatic carbocycles. The molecule has 1 saturated heterocycles. The summed E-state index contributed by atoms with van der Waals surface area (Å²) in [7, 11) is 0. The van der Waals surface area contributed by atoms with E-state index in [4.69, 9.17) is 4.52 Å². The molecule has 0 bridgehead atoms. The molecule has 32 heavy (non-hydrogen) atoms. The lowest BCUT2D eigenvalue weighted by atomic mass is 9.80. The SMILES string of the molecule is Cc1noc(C)c1C(=O)N1CC[C@@]2(CCc3nnc(C(=O)Nc4ccccc4)n3CC2)C1. The average Bonchev–Trinajstić information content (AvgIpc) is 3.45. The van der Waals surface area contributed by atoms with E-state index in [-0.39, 0.29) is 17.2 Å². The summed E-state index contributed by atoms with van der Waals surface area (Å²) in [5.74, 6) is 1.46. The molecule has 1 spiro atoms. The van der Waals surface area contributed by atoms with Crippen molar-refractivity contribution < 1.29 is 14.1 Å². The Hall–Kier alpha value is -3.49. The zero-order chi connectivity index (χ0) is 22.3. The number of anilines is 1. The van der Waals surface area contributed by atoms with Crippen LogP contribution < -0.4 is 5.32 Å². The maximum atomic E-state index is 13.1. The number of para-hydroxylation sites is 1. The van der Waals surface area contributed by atoms with Gasteiger partial charge in [0.05, 0.1) is 5.69 Å². The Kier molecular flexibility index (Phi) is 5.03. The first kappa shape index (κ1) is 20.4. The van der Waals surface area contributed by atoms with Crippen molar-refractivity contribution in [3.05, 3.63) is 59.0 Å². The van der Waals surface area contributed by atoms with Crippen molar-refractivity contribution in [3.63, 3.8) is 0 Å². The molecule has 0 saturated carbocycles. The lowest BCUT2D eigenvalue weighted by molar-refractivity contribution is 0.0764. The molecule has 9 heteroatoms. The Morgan fingerprint density at radius 2 is 1.84 bits per heavy atom. The van der Waals surface area contributed by atoms with Gasteiger partial charge in [-0.3, -0.25) is 9.59 Å². The second-order valence-corrected chi connectivity index (χ2v) is 8.84. The number of likely N-dealkylation sites (tertiary alicyclic amines) is 1. The van der Waals surface area contributed by atoms with E-state index in [1.54, 1.807) is 13.8 Å². The monoisotopic (exact) mass is 434 g/mol. The van der Waals surface area contributed by atoms with Crippen molar-refractivity contribution in [2.24, 2.45) is 5.41 Å². The van der Waals surface area contributed by atoms with Crippen LogP contribution in [0, 0.1) is 19.3 Å². The number of fused-ring (bicyclic) bond motifs is 1. The highest BCUT2D eigenvalue weighted by Crippen LogP contribution is 2.41. The van der Waals surface area contributed by atoms with Gasteiger partial charge in [-0.25, -0.2) is 0 Å². The van der Waals surface area contributed by atoms with Crippen molar-refractivity contribution in [1.29, 1.82) is 0 Å². The summed E-state index contributed by atoms with van der Waals surface area (Å²) >= 11 is 0. The van der Waals surface area contributed by atoms with Gasteiger partial charge in [0, 0.05) is 31.7 Å². The minimum atomic E-state index is -0.257. The molecule has 1 atom stereocenters. The minimum absolute atomic E-state index is 0.00953. The van der Waals surface area contributed by atoms with Crippen LogP contribution in [0.4, 0.5) is 5.69 Å². The van der Waals surface area contributed by atoms with Crippen LogP contribution in [0.1, 0.15) is 57.5 Å². The Morgan fingerprint density at radius 3 is 2.59 bits per heavy atom. The maximum Gasteiger partial charge on any atom is 0.293 e. The highest BCUT2D eigenvalue weighted by atomic mass is 16.5. The van der Waals surface area contributed by atoms with Gasteiger partial charge in [-0.2, -0.15) is 0 Å². The zero-order valence-corrected chi connectivity index (χ0v) is 18.3. The maximum absolute atomic E-state index is 13.1. The molecule has 2 amide bonds. The van der Waals surface area contributed by atoms with Gasteiger partial charge in [0.25, 0.3) is 11.8 Å². The summed E-state index contributed by atoms with van der Waals surface area (Å²) in [6.07, 6.45) is 3.46. The van der Waals surface area contributed by atoms with E-state index in [1.165, 1.54) is 0 Å². The van der Waals surface area contributed by atoms with E-state index in [2.05, 4.69) is 20.7 Å². The van der Waals surface area contributed by atoms with E-state index in [9.17, 15) is 9.59 Å². The van der Waals surface area contributed by atoms with E-state index < -0.39 is 0 Å². The number of aromatic nitrogens is 4. The van der Waals surface area contributed by atoms with Crippen LogP contribution in [0.3, 0.4) is 0 Å². The molecule has 2 aliphatic heterocycles. The molecule has 2 aromatic heterocycles. The van der Waals surface area contributed by atoms with Gasteiger partial charge in [-0.05, 0) is 50.7 Å². The average molecular weight is 435 g/mol. The van der Waals surface area contributed by atoms with E-state index in [1.807, 2.05) is 39.8 Å². The Balaban J connectivity index is 1.30. The molecule has 4 heterocycles. The molecule has 1 aromatic carbocycles. The van der Waals surface area contributed by atoms with Crippen molar-refractivity contribution >= 4 is 17.5 Å². The second-order valence-electron chi connectivity index (χ2n) is 8.84. The van der Waals surface area contributed by atoms with Crippen molar-refractivity contribution in [2.45, 2.75) is 46.1 Å². The number of nitrogens with one attached hydrogen (secondary N) is 1. The van der Waals surface area contributed by atoms with Crippen LogP contribution >= 0.6 is 0 Å². The van der Waals surface area contributed by atoms with Gasteiger partial charge in [0.15, 0.2) is 0 Å². The molecule has 2 aliphatic rings. The van der Waals surface area contributed by atoms with Crippen molar-refractivity contribution in [2.75, 3.05) is 18.4 Å². The molecule has 1 N–H and O–H groups in total. The Labute approximate surface area is 185 Å². The van der Waals surface area contributed by atoms with Crippen molar-refractivity contribution in [1.82, 2.24) is 24.8 Å². The summed E-state index contributed by atoms with van der Waals surface area (Å²) in [4.78, 5) is 27.8. The summed E-state index contributed by atoms with van der Waals surface area (Å²) < 4.78 is 7.13. The number of hydrogen-bond donors (Lipinski definition) is 1. The third-order valence-corrected chi connectivity index (χ3v) is 6.78. The fraction of sp³-hybridized carbons (Fsp3) is 0.435. The molecular weight excluding hydrogens is 408 g/mol. The summed E-state index contributed by atoms with van der Waals surface area (Å²) in [5, 5.41) is 15.3. The number of benzene rings is 1.